The monoisotopic (exact) mass is 524 g/mol. The van der Waals surface area contributed by atoms with Crippen molar-refractivity contribution in [3.63, 3.8) is 0 Å². The molecule has 1 saturated heterocycles. The van der Waals surface area contributed by atoms with E-state index < -0.39 is 0 Å². The minimum absolute atomic E-state index is 0. The van der Waals surface area contributed by atoms with E-state index in [0.717, 1.165) is 70.7 Å². The van der Waals surface area contributed by atoms with Crippen LogP contribution in [-0.4, -0.2) is 61.6 Å². The lowest BCUT2D eigenvalue weighted by atomic mass is 10.1. The molecular weight excluding hydrogens is 483 g/mol. The topological polar surface area (TPSA) is 83.0 Å². The van der Waals surface area contributed by atoms with E-state index in [1.54, 1.807) is 0 Å². The molecule has 1 atom stereocenters. The fourth-order valence-electron chi connectivity index (χ4n) is 3.29. The highest BCUT2D eigenvalue weighted by Gasteiger charge is 2.27. The number of nitrogens with one attached hydrogen (secondary N) is 2. The van der Waals surface area contributed by atoms with Crippen molar-refractivity contribution in [1.29, 1.82) is 0 Å². The van der Waals surface area contributed by atoms with E-state index in [1.807, 2.05) is 25.7 Å². The Morgan fingerprint density at radius 3 is 2.48 bits per heavy atom. The van der Waals surface area contributed by atoms with Crippen molar-refractivity contribution in [3.05, 3.63) is 0 Å². The van der Waals surface area contributed by atoms with Crippen LogP contribution in [0.1, 0.15) is 72.6 Å². The number of halogens is 1. The van der Waals surface area contributed by atoms with E-state index in [2.05, 4.69) is 22.5 Å². The fraction of sp³-hybridized carbons (Fsp3) is 0.857. The van der Waals surface area contributed by atoms with Crippen LogP contribution in [0.4, 0.5) is 0 Å². The minimum atomic E-state index is -0.0889. The van der Waals surface area contributed by atoms with Crippen LogP contribution in [0.5, 0.6) is 0 Å². The Morgan fingerprint density at radius 2 is 1.83 bits per heavy atom. The number of guanidine groups is 1. The third-order valence-corrected chi connectivity index (χ3v) is 4.79. The number of ether oxygens (including phenoxy) is 1. The molecule has 0 spiro atoms. The zero-order valence-electron chi connectivity index (χ0n) is 18.7. The molecule has 1 fully saturated rings. The van der Waals surface area contributed by atoms with E-state index in [1.165, 1.54) is 0 Å². The highest BCUT2D eigenvalue weighted by Crippen LogP contribution is 2.13. The van der Waals surface area contributed by atoms with Crippen molar-refractivity contribution in [3.8, 4) is 0 Å². The first-order chi connectivity index (χ1) is 13.5. The molecule has 1 aliphatic rings. The number of hydrogen-bond acceptors (Lipinski definition) is 4. The predicted molar refractivity (Wildman–Crippen MR) is 129 cm³/mol. The van der Waals surface area contributed by atoms with Gasteiger partial charge >= 0.3 is 5.97 Å². The van der Waals surface area contributed by atoms with Gasteiger partial charge in [-0.3, -0.25) is 14.6 Å². The molecule has 1 amide bonds. The molecule has 29 heavy (non-hydrogen) atoms. The van der Waals surface area contributed by atoms with Crippen LogP contribution < -0.4 is 10.6 Å². The number of esters is 1. The summed E-state index contributed by atoms with van der Waals surface area (Å²) in [4.78, 5) is 30.0. The second-order valence-electron chi connectivity index (χ2n) is 7.65. The summed E-state index contributed by atoms with van der Waals surface area (Å²) in [7, 11) is 0. The summed E-state index contributed by atoms with van der Waals surface area (Å²) in [5, 5.41) is 6.77. The van der Waals surface area contributed by atoms with Gasteiger partial charge in [-0.15, -0.1) is 24.0 Å². The van der Waals surface area contributed by atoms with Gasteiger partial charge in [0, 0.05) is 44.6 Å². The Kier molecular flexibility index (Phi) is 16.1. The van der Waals surface area contributed by atoms with Crippen molar-refractivity contribution < 1.29 is 14.3 Å². The van der Waals surface area contributed by atoms with Crippen LogP contribution in [0.3, 0.4) is 0 Å². The summed E-state index contributed by atoms with van der Waals surface area (Å²) in [5.41, 5.74) is 0. The molecule has 0 aromatic rings. The molecule has 0 aliphatic carbocycles. The quantitative estimate of drug-likeness (QED) is 0.135. The SMILES string of the molecule is CCNC(=NCCCCCCCC(=O)OCC)NC1CCN(C(=O)C(C)C)C1.I. The first-order valence-electron chi connectivity index (χ1n) is 11.0. The van der Waals surface area contributed by atoms with Gasteiger partial charge in [0.15, 0.2) is 5.96 Å². The van der Waals surface area contributed by atoms with E-state index in [0.29, 0.717) is 13.0 Å². The molecule has 0 aromatic carbocycles. The Hall–Kier alpha value is -1.06. The number of nitrogens with zero attached hydrogens (tertiary/aromatic N) is 2. The van der Waals surface area contributed by atoms with Crippen LogP contribution in [0, 0.1) is 5.92 Å². The van der Waals surface area contributed by atoms with E-state index in [-0.39, 0.29) is 47.8 Å². The second-order valence-corrected chi connectivity index (χ2v) is 7.65. The summed E-state index contributed by atoms with van der Waals surface area (Å²) < 4.78 is 4.93. The molecule has 0 saturated carbocycles. The van der Waals surface area contributed by atoms with Gasteiger partial charge in [-0.25, -0.2) is 0 Å². The predicted octanol–water partition coefficient (Wildman–Crippen LogP) is 3.32. The molecular formula is C21H41IN4O3. The van der Waals surface area contributed by atoms with Crippen molar-refractivity contribution in [2.24, 2.45) is 10.9 Å². The Balaban J connectivity index is 0.00000784. The molecule has 1 aliphatic heterocycles. The lowest BCUT2D eigenvalue weighted by Gasteiger charge is -2.20. The van der Waals surface area contributed by atoms with Gasteiger partial charge in [-0.2, -0.15) is 0 Å². The molecule has 170 valence electrons. The van der Waals surface area contributed by atoms with E-state index in [4.69, 9.17) is 4.74 Å². The fourth-order valence-corrected chi connectivity index (χ4v) is 3.29. The average molecular weight is 524 g/mol. The maximum absolute atomic E-state index is 12.1. The number of hydrogen-bond donors (Lipinski definition) is 2. The first kappa shape index (κ1) is 27.9. The second kappa shape index (κ2) is 16.7. The van der Waals surface area contributed by atoms with Gasteiger partial charge in [0.25, 0.3) is 0 Å². The molecule has 7 nitrogen and oxygen atoms in total. The smallest absolute Gasteiger partial charge is 0.305 e. The number of carbonyl (C=O) groups excluding carboxylic acids is 2. The van der Waals surface area contributed by atoms with Gasteiger partial charge < -0.3 is 20.3 Å². The first-order valence-corrected chi connectivity index (χ1v) is 11.0. The maximum atomic E-state index is 12.1. The van der Waals surface area contributed by atoms with Gasteiger partial charge in [0.2, 0.25) is 5.91 Å². The molecule has 1 unspecified atom stereocenters. The van der Waals surface area contributed by atoms with Crippen LogP contribution in [0.15, 0.2) is 4.99 Å². The van der Waals surface area contributed by atoms with Crippen molar-refractivity contribution >= 4 is 41.8 Å². The lowest BCUT2D eigenvalue weighted by molar-refractivity contribution is -0.143. The lowest BCUT2D eigenvalue weighted by Crippen LogP contribution is -2.45. The van der Waals surface area contributed by atoms with Gasteiger partial charge in [-0.05, 0) is 33.1 Å². The summed E-state index contributed by atoms with van der Waals surface area (Å²) in [5.74, 6) is 1.04. The van der Waals surface area contributed by atoms with Crippen LogP contribution in [0.2, 0.25) is 0 Å². The van der Waals surface area contributed by atoms with Gasteiger partial charge in [0.1, 0.15) is 0 Å². The molecule has 0 bridgehead atoms. The van der Waals surface area contributed by atoms with Gasteiger partial charge in [-0.1, -0.05) is 33.1 Å². The molecule has 0 radical (unpaired) electrons. The Morgan fingerprint density at radius 1 is 1.14 bits per heavy atom. The largest absolute Gasteiger partial charge is 0.466 e. The standard InChI is InChI=1S/C21H40N4O3.HI/c1-5-22-21(24-18-13-15-25(16-18)20(27)17(3)4)23-14-11-9-7-8-10-12-19(26)28-6-2;/h17-18H,5-16H2,1-4H3,(H2,22,23,24);1H. The summed E-state index contributed by atoms with van der Waals surface area (Å²) in [6.07, 6.45) is 6.72. The summed E-state index contributed by atoms with van der Waals surface area (Å²) >= 11 is 0. The molecule has 1 heterocycles. The number of likely N-dealkylation sites (tertiary alicyclic amines) is 1. The summed E-state index contributed by atoms with van der Waals surface area (Å²) in [6, 6.07) is 0.267. The molecule has 1 rings (SSSR count). The maximum Gasteiger partial charge on any atom is 0.305 e. The number of aliphatic imine (C=N–C) groups is 1. The summed E-state index contributed by atoms with van der Waals surface area (Å²) in [6.45, 7) is 11.4. The molecule has 8 heteroatoms. The Labute approximate surface area is 193 Å². The highest BCUT2D eigenvalue weighted by molar-refractivity contribution is 14.0. The van der Waals surface area contributed by atoms with E-state index in [9.17, 15) is 9.59 Å². The number of unbranched alkanes of at least 4 members (excludes halogenated alkanes) is 4. The van der Waals surface area contributed by atoms with Crippen molar-refractivity contribution in [2.75, 3.05) is 32.8 Å². The number of rotatable bonds is 12. The Bertz CT molecular complexity index is 500. The van der Waals surface area contributed by atoms with Gasteiger partial charge in [0.05, 0.1) is 6.61 Å². The molecule has 2 N–H and O–H groups in total. The third kappa shape index (κ3) is 12.3. The van der Waals surface area contributed by atoms with Crippen LogP contribution in [0.25, 0.3) is 0 Å². The normalized spacial score (nSPS) is 16.5. The zero-order valence-corrected chi connectivity index (χ0v) is 21.0. The van der Waals surface area contributed by atoms with Crippen molar-refractivity contribution in [2.45, 2.75) is 78.7 Å². The minimum Gasteiger partial charge on any atom is -0.466 e. The van der Waals surface area contributed by atoms with Crippen molar-refractivity contribution in [1.82, 2.24) is 15.5 Å². The number of carbonyl (C=O) groups is 2. The highest BCUT2D eigenvalue weighted by atomic mass is 127. The van der Waals surface area contributed by atoms with Crippen LogP contribution >= 0.6 is 24.0 Å². The molecule has 0 aromatic heterocycles. The zero-order chi connectivity index (χ0) is 20.8. The number of amides is 1. The van der Waals surface area contributed by atoms with E-state index >= 15 is 0 Å². The van der Waals surface area contributed by atoms with Crippen LogP contribution in [-0.2, 0) is 14.3 Å². The third-order valence-electron chi connectivity index (χ3n) is 4.79. The average Bonchev–Trinajstić information content (AvgIpc) is 3.11.